The highest BCUT2D eigenvalue weighted by atomic mass is 16.2. The second kappa shape index (κ2) is 5.05. The van der Waals surface area contributed by atoms with E-state index in [-0.39, 0.29) is 18.4 Å². The van der Waals surface area contributed by atoms with Crippen LogP contribution in [0.1, 0.15) is 21.6 Å². The first-order chi connectivity index (χ1) is 10.1. The highest BCUT2D eigenvalue weighted by Crippen LogP contribution is 2.22. The second-order valence-corrected chi connectivity index (χ2v) is 5.13. The molecule has 0 saturated carbocycles. The third kappa shape index (κ3) is 2.40. The summed E-state index contributed by atoms with van der Waals surface area (Å²) in [6, 6.07) is 7.52. The van der Waals surface area contributed by atoms with E-state index in [4.69, 9.17) is 0 Å². The maximum atomic E-state index is 12.6. The van der Waals surface area contributed by atoms with Crippen LogP contribution in [0.3, 0.4) is 0 Å². The molecule has 6 nitrogen and oxygen atoms in total. The average molecular weight is 284 g/mol. The Hall–Kier alpha value is -2.63. The molecule has 3 rings (SSSR count). The molecule has 1 aliphatic heterocycles. The normalized spacial score (nSPS) is 14.4. The molecule has 1 aromatic heterocycles. The summed E-state index contributed by atoms with van der Waals surface area (Å²) in [7, 11) is 1.79. The van der Waals surface area contributed by atoms with Gasteiger partial charge in [0.1, 0.15) is 6.54 Å². The molecule has 6 heteroatoms. The van der Waals surface area contributed by atoms with Crippen molar-refractivity contribution >= 4 is 17.5 Å². The minimum Gasteiger partial charge on any atom is -0.325 e. The lowest BCUT2D eigenvalue weighted by atomic mass is 10.1. The summed E-state index contributed by atoms with van der Waals surface area (Å²) < 4.78 is 1.65. The first-order valence-corrected chi connectivity index (χ1v) is 6.72. The number of amides is 2. The van der Waals surface area contributed by atoms with Gasteiger partial charge >= 0.3 is 0 Å². The smallest absolute Gasteiger partial charge is 0.258 e. The van der Waals surface area contributed by atoms with E-state index >= 15 is 0 Å². The monoisotopic (exact) mass is 284 g/mol. The van der Waals surface area contributed by atoms with Gasteiger partial charge in [-0.3, -0.25) is 14.3 Å². The summed E-state index contributed by atoms with van der Waals surface area (Å²) in [4.78, 5) is 26.1. The molecule has 108 valence electrons. The van der Waals surface area contributed by atoms with Gasteiger partial charge in [-0.15, -0.1) is 0 Å². The van der Waals surface area contributed by atoms with Crippen LogP contribution < -0.4 is 5.32 Å². The number of anilines is 1. The van der Waals surface area contributed by atoms with Crippen molar-refractivity contribution in [2.45, 2.75) is 13.5 Å². The van der Waals surface area contributed by atoms with Crippen molar-refractivity contribution in [2.24, 2.45) is 7.05 Å². The zero-order chi connectivity index (χ0) is 15.0. The Labute approximate surface area is 122 Å². The van der Waals surface area contributed by atoms with Gasteiger partial charge in [0.2, 0.25) is 5.91 Å². The molecular formula is C15H16N4O2. The summed E-state index contributed by atoms with van der Waals surface area (Å²) in [5.74, 6) is -0.359. The van der Waals surface area contributed by atoms with Crippen LogP contribution in [0, 0.1) is 6.92 Å². The Kier molecular flexibility index (Phi) is 3.21. The summed E-state index contributed by atoms with van der Waals surface area (Å²) in [5, 5.41) is 6.91. The Morgan fingerprint density at radius 3 is 2.76 bits per heavy atom. The number of benzene rings is 1. The molecule has 0 saturated heterocycles. The van der Waals surface area contributed by atoms with E-state index in [9.17, 15) is 9.59 Å². The number of fused-ring (bicyclic) bond motifs is 1. The number of carbonyl (C=O) groups is 2. The first kappa shape index (κ1) is 13.4. The Balaban J connectivity index is 1.94. The lowest BCUT2D eigenvalue weighted by Crippen LogP contribution is -2.35. The fourth-order valence-electron chi connectivity index (χ4n) is 2.43. The topological polar surface area (TPSA) is 67.2 Å². The number of carbonyl (C=O) groups excluding carboxylic acids is 2. The molecule has 2 amide bonds. The van der Waals surface area contributed by atoms with Crippen molar-refractivity contribution in [3.05, 3.63) is 47.3 Å². The number of hydrogen-bond donors (Lipinski definition) is 1. The highest BCUT2D eigenvalue weighted by Gasteiger charge is 2.25. The predicted molar refractivity (Wildman–Crippen MR) is 77.8 cm³/mol. The van der Waals surface area contributed by atoms with Crippen LogP contribution in [0.4, 0.5) is 5.69 Å². The van der Waals surface area contributed by atoms with Gasteiger partial charge in [-0.05, 0) is 18.6 Å². The van der Waals surface area contributed by atoms with Crippen molar-refractivity contribution in [2.75, 3.05) is 11.9 Å². The number of rotatable bonds is 1. The molecule has 1 N–H and O–H groups in total. The van der Waals surface area contributed by atoms with Crippen LogP contribution in [0.5, 0.6) is 0 Å². The Bertz CT molecular complexity index is 720. The van der Waals surface area contributed by atoms with Gasteiger partial charge in [-0.25, -0.2) is 0 Å². The second-order valence-electron chi connectivity index (χ2n) is 5.13. The number of para-hydroxylation sites is 1. The third-order valence-electron chi connectivity index (χ3n) is 3.74. The highest BCUT2D eigenvalue weighted by molar-refractivity contribution is 6.01. The van der Waals surface area contributed by atoms with Crippen molar-refractivity contribution in [1.29, 1.82) is 0 Å². The number of aryl methyl sites for hydroxylation is 1. The van der Waals surface area contributed by atoms with Crippen LogP contribution in [0.15, 0.2) is 30.5 Å². The molecule has 2 heterocycles. The molecule has 0 spiro atoms. The fourth-order valence-corrected chi connectivity index (χ4v) is 2.43. The molecule has 1 aromatic carbocycles. The molecule has 0 radical (unpaired) electrons. The number of aromatic nitrogens is 2. The summed E-state index contributed by atoms with van der Waals surface area (Å²) in [6.45, 7) is 2.29. The zero-order valence-electron chi connectivity index (χ0n) is 12.0. The molecular weight excluding hydrogens is 268 g/mol. The number of hydrogen-bond acceptors (Lipinski definition) is 3. The molecule has 2 aromatic rings. The van der Waals surface area contributed by atoms with Gasteiger partial charge in [0.15, 0.2) is 0 Å². The molecule has 0 fully saturated rings. The average Bonchev–Trinajstić information content (AvgIpc) is 2.70. The quantitative estimate of drug-likeness (QED) is 0.859. The van der Waals surface area contributed by atoms with Crippen LogP contribution in [-0.2, 0) is 18.4 Å². The minimum atomic E-state index is -0.185. The van der Waals surface area contributed by atoms with Crippen molar-refractivity contribution in [1.82, 2.24) is 14.7 Å². The summed E-state index contributed by atoms with van der Waals surface area (Å²) >= 11 is 0. The van der Waals surface area contributed by atoms with Gasteiger partial charge in [0.05, 0.1) is 11.8 Å². The third-order valence-corrected chi connectivity index (χ3v) is 3.74. The minimum absolute atomic E-state index is 0.0435. The summed E-state index contributed by atoms with van der Waals surface area (Å²) in [6.07, 6.45) is 1.55. The SMILES string of the molecule is Cc1c(C(=O)N2CC(=O)Nc3ccccc3C2)cnn1C. The van der Waals surface area contributed by atoms with Crippen LogP contribution in [0.25, 0.3) is 0 Å². The molecule has 0 bridgehead atoms. The van der Waals surface area contributed by atoms with E-state index in [0.717, 1.165) is 16.9 Å². The number of nitrogens with one attached hydrogen (secondary N) is 1. The zero-order valence-corrected chi connectivity index (χ0v) is 12.0. The van der Waals surface area contributed by atoms with E-state index in [1.54, 1.807) is 22.8 Å². The molecule has 1 aliphatic rings. The molecule has 0 unspecified atom stereocenters. The Morgan fingerprint density at radius 2 is 2.05 bits per heavy atom. The van der Waals surface area contributed by atoms with Gasteiger partial charge in [-0.2, -0.15) is 5.10 Å². The fraction of sp³-hybridized carbons (Fsp3) is 0.267. The molecule has 21 heavy (non-hydrogen) atoms. The van der Waals surface area contributed by atoms with E-state index in [2.05, 4.69) is 10.4 Å². The molecule has 0 atom stereocenters. The van der Waals surface area contributed by atoms with Crippen LogP contribution in [-0.4, -0.2) is 33.0 Å². The van der Waals surface area contributed by atoms with Crippen molar-refractivity contribution < 1.29 is 9.59 Å². The van der Waals surface area contributed by atoms with Gasteiger partial charge in [0.25, 0.3) is 5.91 Å². The van der Waals surface area contributed by atoms with Gasteiger partial charge in [0, 0.05) is 25.0 Å². The number of nitrogens with zero attached hydrogens (tertiary/aromatic N) is 3. The maximum absolute atomic E-state index is 12.6. The van der Waals surface area contributed by atoms with E-state index in [1.807, 2.05) is 31.2 Å². The lowest BCUT2D eigenvalue weighted by molar-refractivity contribution is -0.116. The standard InChI is InChI=1S/C15H16N4O2/c1-10-12(7-16-18(10)2)15(21)19-8-11-5-3-4-6-13(11)17-14(20)9-19/h3-7H,8-9H2,1-2H3,(H,17,20). The Morgan fingerprint density at radius 1 is 1.29 bits per heavy atom. The predicted octanol–water partition coefficient (Wildman–Crippen LogP) is 1.32. The first-order valence-electron chi connectivity index (χ1n) is 6.72. The van der Waals surface area contributed by atoms with Crippen molar-refractivity contribution in [3.63, 3.8) is 0 Å². The van der Waals surface area contributed by atoms with E-state index in [1.165, 1.54) is 0 Å². The van der Waals surface area contributed by atoms with E-state index in [0.29, 0.717) is 12.1 Å². The summed E-state index contributed by atoms with van der Waals surface area (Å²) in [5.41, 5.74) is 3.02. The van der Waals surface area contributed by atoms with Crippen LogP contribution in [0.2, 0.25) is 0 Å². The lowest BCUT2D eigenvalue weighted by Gasteiger charge is -2.19. The largest absolute Gasteiger partial charge is 0.325 e. The van der Waals surface area contributed by atoms with E-state index < -0.39 is 0 Å². The van der Waals surface area contributed by atoms with Gasteiger partial charge in [-0.1, -0.05) is 18.2 Å². The van der Waals surface area contributed by atoms with Gasteiger partial charge < -0.3 is 10.2 Å². The van der Waals surface area contributed by atoms with Crippen LogP contribution >= 0.6 is 0 Å². The maximum Gasteiger partial charge on any atom is 0.258 e. The molecule has 0 aliphatic carbocycles. The van der Waals surface area contributed by atoms with Crippen molar-refractivity contribution in [3.8, 4) is 0 Å².